The molecular formula is C44H26N4OS. The number of rotatable bonds is 5. The summed E-state index contributed by atoms with van der Waals surface area (Å²) in [7, 11) is 0. The molecule has 0 saturated carbocycles. The van der Waals surface area contributed by atoms with Crippen LogP contribution in [0.25, 0.3) is 98.8 Å². The van der Waals surface area contributed by atoms with Crippen molar-refractivity contribution < 1.29 is 4.42 Å². The van der Waals surface area contributed by atoms with E-state index in [0.717, 1.165) is 70.0 Å². The molecule has 0 spiro atoms. The number of hydrogen-bond donors (Lipinski definition) is 0. The molecule has 3 aromatic heterocycles. The SMILES string of the molecule is c1ccc(-c2nc(-c3cc(-c4ccccc4)c4ccccc4c3)nc(-c3cccc4c3sc3ccc5oc(-c6ccccc6)nc5c34)n2)cc1. The van der Waals surface area contributed by atoms with E-state index in [1.165, 1.54) is 5.39 Å². The highest BCUT2D eigenvalue weighted by Crippen LogP contribution is 2.43. The van der Waals surface area contributed by atoms with E-state index >= 15 is 0 Å². The van der Waals surface area contributed by atoms with Gasteiger partial charge < -0.3 is 4.42 Å². The summed E-state index contributed by atoms with van der Waals surface area (Å²) in [5.41, 5.74) is 7.68. The first kappa shape index (κ1) is 28.5. The largest absolute Gasteiger partial charge is 0.436 e. The van der Waals surface area contributed by atoms with Crippen molar-refractivity contribution in [1.29, 1.82) is 0 Å². The molecule has 0 aliphatic rings. The minimum Gasteiger partial charge on any atom is -0.436 e. The first-order chi connectivity index (χ1) is 24.8. The van der Waals surface area contributed by atoms with Crippen molar-refractivity contribution in [3.05, 3.63) is 158 Å². The van der Waals surface area contributed by atoms with Gasteiger partial charge in [0.15, 0.2) is 23.1 Å². The van der Waals surface area contributed by atoms with E-state index in [1.54, 1.807) is 11.3 Å². The molecule has 0 saturated heterocycles. The first-order valence-electron chi connectivity index (χ1n) is 16.5. The van der Waals surface area contributed by atoms with Crippen LogP contribution in [0.1, 0.15) is 0 Å². The Kier molecular flexibility index (Phi) is 6.60. The van der Waals surface area contributed by atoms with Gasteiger partial charge in [-0.15, -0.1) is 11.3 Å². The minimum atomic E-state index is 0.614. The molecule has 0 atom stereocenters. The van der Waals surface area contributed by atoms with Crippen LogP contribution in [0.5, 0.6) is 0 Å². The third-order valence-electron chi connectivity index (χ3n) is 9.15. The average molecular weight is 659 g/mol. The van der Waals surface area contributed by atoms with Crippen LogP contribution < -0.4 is 0 Å². The summed E-state index contributed by atoms with van der Waals surface area (Å²) < 4.78 is 8.49. The van der Waals surface area contributed by atoms with Crippen molar-refractivity contribution in [1.82, 2.24) is 19.9 Å². The predicted octanol–water partition coefficient (Wildman–Crippen LogP) is 11.9. The van der Waals surface area contributed by atoms with E-state index in [9.17, 15) is 0 Å². The highest BCUT2D eigenvalue weighted by molar-refractivity contribution is 7.26. The van der Waals surface area contributed by atoms with Crippen molar-refractivity contribution in [2.45, 2.75) is 0 Å². The number of thiophene rings is 1. The Morgan fingerprint density at radius 3 is 1.86 bits per heavy atom. The molecule has 0 amide bonds. The lowest BCUT2D eigenvalue weighted by atomic mass is 9.95. The smallest absolute Gasteiger partial charge is 0.227 e. The molecular weight excluding hydrogens is 633 g/mol. The van der Waals surface area contributed by atoms with Crippen molar-refractivity contribution in [3.63, 3.8) is 0 Å². The Labute approximate surface area is 291 Å². The van der Waals surface area contributed by atoms with E-state index in [2.05, 4.69) is 84.9 Å². The molecule has 0 N–H and O–H groups in total. The number of hydrogen-bond acceptors (Lipinski definition) is 6. The van der Waals surface area contributed by atoms with Gasteiger partial charge in [0.1, 0.15) is 5.52 Å². The van der Waals surface area contributed by atoms with Gasteiger partial charge >= 0.3 is 0 Å². The molecule has 50 heavy (non-hydrogen) atoms. The van der Waals surface area contributed by atoms with Crippen molar-refractivity contribution in [3.8, 4) is 56.7 Å². The molecule has 10 aromatic rings. The van der Waals surface area contributed by atoms with E-state index in [1.807, 2.05) is 72.8 Å². The van der Waals surface area contributed by atoms with Gasteiger partial charge in [0.25, 0.3) is 0 Å². The topological polar surface area (TPSA) is 64.7 Å². The van der Waals surface area contributed by atoms with Crippen LogP contribution in [0.3, 0.4) is 0 Å². The fraction of sp³-hybridized carbons (Fsp3) is 0. The van der Waals surface area contributed by atoms with Gasteiger partial charge in [0.2, 0.25) is 5.89 Å². The molecule has 234 valence electrons. The van der Waals surface area contributed by atoms with E-state index in [-0.39, 0.29) is 0 Å². The van der Waals surface area contributed by atoms with Crippen LogP contribution in [0.2, 0.25) is 0 Å². The molecule has 0 aliphatic heterocycles. The molecule has 10 rings (SSSR count). The lowest BCUT2D eigenvalue weighted by molar-refractivity contribution is 0.620. The van der Waals surface area contributed by atoms with E-state index in [0.29, 0.717) is 23.4 Å². The highest BCUT2D eigenvalue weighted by atomic mass is 32.1. The number of benzene rings is 7. The van der Waals surface area contributed by atoms with Gasteiger partial charge in [-0.05, 0) is 64.4 Å². The zero-order valence-corrected chi connectivity index (χ0v) is 27.4. The summed E-state index contributed by atoms with van der Waals surface area (Å²) in [6, 6.07) is 54.0. The zero-order chi connectivity index (χ0) is 33.0. The molecule has 0 bridgehead atoms. The van der Waals surface area contributed by atoms with Gasteiger partial charge in [-0.1, -0.05) is 115 Å². The van der Waals surface area contributed by atoms with Gasteiger partial charge in [-0.3, -0.25) is 0 Å². The lowest BCUT2D eigenvalue weighted by Crippen LogP contribution is -2.00. The summed E-state index contributed by atoms with van der Waals surface area (Å²) >= 11 is 1.73. The quantitative estimate of drug-likeness (QED) is 0.184. The third kappa shape index (κ3) is 4.77. The summed E-state index contributed by atoms with van der Waals surface area (Å²) in [5.74, 6) is 2.50. The van der Waals surface area contributed by atoms with Crippen molar-refractivity contribution >= 4 is 53.4 Å². The standard InChI is InChI=1S/C44H26N4OS/c1-4-13-27(14-5-1)35-26-31(25-30-19-10-11-20-32(30)35)42-46-41(28-15-6-2-7-16-28)47-43(48-42)34-22-12-21-33-38-37(50-40(33)34)24-23-36-39(38)45-44(49-36)29-17-8-3-9-18-29/h1-26H. The normalized spacial score (nSPS) is 11.6. The van der Waals surface area contributed by atoms with E-state index < -0.39 is 0 Å². The fourth-order valence-electron chi connectivity index (χ4n) is 6.79. The lowest BCUT2D eigenvalue weighted by Gasteiger charge is -2.12. The Hall–Kier alpha value is -6.50. The molecule has 0 unspecified atom stereocenters. The number of oxazole rings is 1. The number of nitrogens with zero attached hydrogens (tertiary/aromatic N) is 4. The zero-order valence-electron chi connectivity index (χ0n) is 26.6. The van der Waals surface area contributed by atoms with Crippen molar-refractivity contribution in [2.75, 3.05) is 0 Å². The highest BCUT2D eigenvalue weighted by Gasteiger charge is 2.20. The molecule has 0 radical (unpaired) electrons. The molecule has 7 aromatic carbocycles. The van der Waals surface area contributed by atoms with Crippen LogP contribution in [0, 0.1) is 0 Å². The minimum absolute atomic E-state index is 0.614. The molecule has 0 fully saturated rings. The first-order valence-corrected chi connectivity index (χ1v) is 17.3. The van der Waals surface area contributed by atoms with Crippen LogP contribution in [0.15, 0.2) is 162 Å². The van der Waals surface area contributed by atoms with Crippen LogP contribution in [-0.4, -0.2) is 19.9 Å². The maximum absolute atomic E-state index is 6.26. The molecule has 0 aliphatic carbocycles. The summed E-state index contributed by atoms with van der Waals surface area (Å²) in [4.78, 5) is 20.4. The van der Waals surface area contributed by atoms with Crippen LogP contribution in [-0.2, 0) is 0 Å². The molecule has 5 nitrogen and oxygen atoms in total. The molecule has 6 heteroatoms. The Morgan fingerprint density at radius 1 is 0.440 bits per heavy atom. The van der Waals surface area contributed by atoms with Crippen LogP contribution in [0.4, 0.5) is 0 Å². The van der Waals surface area contributed by atoms with Crippen molar-refractivity contribution in [2.24, 2.45) is 0 Å². The van der Waals surface area contributed by atoms with Gasteiger partial charge in [-0.2, -0.15) is 0 Å². The van der Waals surface area contributed by atoms with Crippen LogP contribution >= 0.6 is 11.3 Å². The monoisotopic (exact) mass is 658 g/mol. The third-order valence-corrected chi connectivity index (χ3v) is 10.4. The average Bonchev–Trinajstić information content (AvgIpc) is 3.80. The Morgan fingerprint density at radius 2 is 1.08 bits per heavy atom. The molecule has 3 heterocycles. The van der Waals surface area contributed by atoms with E-state index in [4.69, 9.17) is 24.4 Å². The Balaban J connectivity index is 1.20. The summed E-state index contributed by atoms with van der Waals surface area (Å²) in [5, 5.41) is 4.49. The second-order valence-corrected chi connectivity index (χ2v) is 13.3. The van der Waals surface area contributed by atoms with Gasteiger partial charge in [0, 0.05) is 42.4 Å². The second-order valence-electron chi connectivity index (χ2n) is 12.2. The maximum Gasteiger partial charge on any atom is 0.227 e. The number of aromatic nitrogens is 4. The fourth-order valence-corrected chi connectivity index (χ4v) is 8.01. The summed E-state index contributed by atoms with van der Waals surface area (Å²) in [6.45, 7) is 0. The maximum atomic E-state index is 6.26. The van der Waals surface area contributed by atoms with Gasteiger partial charge in [0.05, 0.1) is 0 Å². The number of fused-ring (bicyclic) bond motifs is 6. The van der Waals surface area contributed by atoms with Gasteiger partial charge in [-0.25, -0.2) is 19.9 Å². The predicted molar refractivity (Wildman–Crippen MR) is 205 cm³/mol. The summed E-state index contributed by atoms with van der Waals surface area (Å²) in [6.07, 6.45) is 0. The second kappa shape index (κ2) is 11.6. The Bertz CT molecular complexity index is 2860.